The molecule has 5 aromatic carbocycles. The molecule has 5 aromatic rings. The molecule has 0 unspecified atom stereocenters. The number of fused-ring (bicyclic) bond motifs is 2. The summed E-state index contributed by atoms with van der Waals surface area (Å²) in [6.07, 6.45) is 0. The Hall–Kier alpha value is -2.89. The number of hydrogen-bond acceptors (Lipinski definition) is 8. The molecule has 0 aromatic heterocycles. The molecule has 260 valence electrons. The van der Waals surface area contributed by atoms with Crippen LogP contribution in [0.3, 0.4) is 0 Å². The molecule has 7 rings (SSSR count). The van der Waals surface area contributed by atoms with Crippen LogP contribution in [-0.2, 0) is 17.7 Å². The van der Waals surface area contributed by atoms with E-state index in [9.17, 15) is 19.2 Å². The number of imide groups is 2. The van der Waals surface area contributed by atoms with Crippen molar-refractivity contribution >= 4 is 131 Å². The highest BCUT2D eigenvalue weighted by Crippen LogP contribution is 2.54. The van der Waals surface area contributed by atoms with Crippen molar-refractivity contribution < 1.29 is 36.9 Å². The zero-order valence-electron chi connectivity index (χ0n) is 27.8. The third-order valence-electron chi connectivity index (χ3n) is 9.31. The van der Waals surface area contributed by atoms with Crippen molar-refractivity contribution in [2.45, 2.75) is 40.8 Å². The molecule has 0 fully saturated rings. The first-order valence-electron chi connectivity index (χ1n) is 16.0. The van der Waals surface area contributed by atoms with Crippen molar-refractivity contribution in [2.75, 3.05) is 26.4 Å². The molecule has 0 spiro atoms. The van der Waals surface area contributed by atoms with E-state index in [1.165, 1.54) is 24.3 Å². The van der Waals surface area contributed by atoms with E-state index in [4.69, 9.17) is 64.1 Å². The summed E-state index contributed by atoms with van der Waals surface area (Å²) in [5.41, 5.74) is 0.603. The number of carbonyl (C=O) groups excluding carboxylic acids is 4. The molecule has 10 nitrogen and oxygen atoms in total. The Morgan fingerprint density at radius 1 is 0.440 bits per heavy atom. The van der Waals surface area contributed by atoms with Crippen LogP contribution in [0.1, 0.15) is 69.1 Å². The molecule has 16 heteroatoms. The van der Waals surface area contributed by atoms with Gasteiger partial charge >= 0.3 is 17.4 Å². The minimum atomic E-state index is -3.56. The highest BCUT2D eigenvalue weighted by molar-refractivity contribution is 6.72. The number of rotatable bonds is 10. The first-order chi connectivity index (χ1) is 23.7. The summed E-state index contributed by atoms with van der Waals surface area (Å²) >= 11 is 28.4. The van der Waals surface area contributed by atoms with Crippen LogP contribution in [0.2, 0.25) is 33.2 Å². The summed E-state index contributed by atoms with van der Waals surface area (Å²) in [5, 5.41) is 3.50. The predicted molar refractivity (Wildman–Crippen MR) is 198 cm³/mol. The van der Waals surface area contributed by atoms with Gasteiger partial charge in [0, 0.05) is 125 Å². The van der Waals surface area contributed by atoms with Gasteiger partial charge in [0.2, 0.25) is 0 Å². The summed E-state index contributed by atoms with van der Waals surface area (Å²) in [6.45, 7) is 11.2. The SMILES string of the molecule is CCO[Si](C)(OCC)N1C(=O)c2cc(Cl)c3c4c(Cl)cc5c6c(cc(Cl)c(c7c(Cl)cc(c2c37)C1=O)c64)C(=O)N([Si](C)(OCC)OCC)C5=O. The van der Waals surface area contributed by atoms with Crippen molar-refractivity contribution in [1.82, 2.24) is 9.13 Å². The number of amides is 4. The summed E-state index contributed by atoms with van der Waals surface area (Å²) < 4.78 is 26.0. The molecule has 0 atom stereocenters. The highest BCUT2D eigenvalue weighted by Gasteiger charge is 2.52. The van der Waals surface area contributed by atoms with Gasteiger partial charge in [0.1, 0.15) is 0 Å². The number of halogens is 4. The monoisotopic (exact) mass is 790 g/mol. The van der Waals surface area contributed by atoms with Crippen molar-refractivity contribution in [2.24, 2.45) is 0 Å². The van der Waals surface area contributed by atoms with Crippen molar-refractivity contribution in [3.05, 3.63) is 66.6 Å². The maximum absolute atomic E-state index is 14.3. The summed E-state index contributed by atoms with van der Waals surface area (Å²) in [6, 6.07) is 5.97. The fourth-order valence-corrected chi connectivity index (χ4v) is 13.6. The topological polar surface area (TPSA) is 112 Å². The molecule has 0 N–H and O–H groups in total. The molecule has 2 aliphatic rings. The van der Waals surface area contributed by atoms with E-state index in [2.05, 4.69) is 0 Å². The van der Waals surface area contributed by atoms with Crippen molar-refractivity contribution in [3.8, 4) is 0 Å². The molecule has 0 bridgehead atoms. The summed E-state index contributed by atoms with van der Waals surface area (Å²) in [5.74, 6) is -2.50. The van der Waals surface area contributed by atoms with Crippen LogP contribution in [0.15, 0.2) is 24.3 Å². The van der Waals surface area contributed by atoms with Gasteiger partial charge in [-0.3, -0.25) is 28.3 Å². The van der Waals surface area contributed by atoms with E-state index >= 15 is 0 Å². The van der Waals surface area contributed by atoms with E-state index in [0.717, 1.165) is 9.13 Å². The van der Waals surface area contributed by atoms with Gasteiger partial charge in [0.15, 0.2) is 0 Å². The van der Waals surface area contributed by atoms with Gasteiger partial charge in [-0.05, 0) is 52.0 Å². The maximum Gasteiger partial charge on any atom is 0.465 e. The van der Waals surface area contributed by atoms with Crippen LogP contribution in [-0.4, -0.2) is 76.6 Å². The molecular formula is C34H30Cl4N2O8Si2. The lowest BCUT2D eigenvalue weighted by molar-refractivity contribution is 0.0561. The maximum atomic E-state index is 14.3. The average Bonchev–Trinajstić information content (AvgIpc) is 3.04. The third-order valence-corrected chi connectivity index (χ3v) is 16.2. The van der Waals surface area contributed by atoms with Gasteiger partial charge in [-0.2, -0.15) is 0 Å². The first kappa shape index (κ1) is 35.5. The molecule has 0 saturated heterocycles. The van der Waals surface area contributed by atoms with E-state index in [1.54, 1.807) is 40.8 Å². The molecule has 50 heavy (non-hydrogen) atoms. The Morgan fingerprint density at radius 2 is 0.660 bits per heavy atom. The Balaban J connectivity index is 1.61. The van der Waals surface area contributed by atoms with Crippen LogP contribution in [0, 0.1) is 0 Å². The van der Waals surface area contributed by atoms with Gasteiger partial charge < -0.3 is 17.7 Å². The Bertz CT molecular complexity index is 2060. The summed E-state index contributed by atoms with van der Waals surface area (Å²) in [7, 11) is -7.12. The molecular weight excluding hydrogens is 762 g/mol. The van der Waals surface area contributed by atoms with Crippen LogP contribution < -0.4 is 0 Å². The lowest BCUT2D eigenvalue weighted by atomic mass is 9.82. The van der Waals surface area contributed by atoms with Crippen LogP contribution in [0.25, 0.3) is 43.1 Å². The molecule has 0 saturated carbocycles. The van der Waals surface area contributed by atoms with Crippen LogP contribution in [0.4, 0.5) is 0 Å². The van der Waals surface area contributed by atoms with E-state index in [-0.39, 0.29) is 68.8 Å². The number of nitrogens with zero attached hydrogens (tertiary/aromatic N) is 2. The van der Waals surface area contributed by atoms with Gasteiger partial charge in [0.25, 0.3) is 23.6 Å². The predicted octanol–water partition coefficient (Wildman–Crippen LogP) is 8.83. The normalized spacial score (nSPS) is 15.3. The van der Waals surface area contributed by atoms with Crippen molar-refractivity contribution in [3.63, 3.8) is 0 Å². The van der Waals surface area contributed by atoms with E-state index < -0.39 is 41.1 Å². The van der Waals surface area contributed by atoms with Gasteiger partial charge in [-0.15, -0.1) is 0 Å². The van der Waals surface area contributed by atoms with Crippen molar-refractivity contribution in [1.29, 1.82) is 0 Å². The molecule has 2 aliphatic heterocycles. The largest absolute Gasteiger partial charge is 0.465 e. The zero-order valence-corrected chi connectivity index (χ0v) is 32.8. The molecule has 0 aliphatic carbocycles. The first-order valence-corrected chi connectivity index (χ1v) is 22.1. The minimum Gasteiger partial charge on any atom is -0.378 e. The quantitative estimate of drug-likeness (QED) is 0.0597. The fraction of sp³-hybridized carbons (Fsp3) is 0.294. The highest BCUT2D eigenvalue weighted by atomic mass is 35.5. The number of benzene rings is 5. The van der Waals surface area contributed by atoms with E-state index in [1.807, 2.05) is 0 Å². The zero-order chi connectivity index (χ0) is 36.2. The Labute approximate surface area is 308 Å². The Kier molecular flexibility index (Phi) is 8.78. The van der Waals surface area contributed by atoms with Gasteiger partial charge in [-0.1, -0.05) is 46.4 Å². The van der Waals surface area contributed by atoms with Gasteiger partial charge in [0.05, 0.1) is 0 Å². The number of carbonyl (C=O) groups is 4. The Morgan fingerprint density at radius 3 is 0.860 bits per heavy atom. The second-order valence-electron chi connectivity index (χ2n) is 12.0. The molecule has 2 heterocycles. The molecule has 4 amide bonds. The lowest BCUT2D eigenvalue weighted by Gasteiger charge is -2.39. The van der Waals surface area contributed by atoms with Crippen LogP contribution >= 0.6 is 46.4 Å². The van der Waals surface area contributed by atoms with E-state index in [0.29, 0.717) is 43.1 Å². The average molecular weight is 793 g/mol. The lowest BCUT2D eigenvalue weighted by Crippen LogP contribution is -2.62. The fourth-order valence-electron chi connectivity index (χ4n) is 7.61. The second kappa shape index (κ2) is 12.4. The third kappa shape index (κ3) is 4.67. The second-order valence-corrected chi connectivity index (χ2v) is 19.3. The standard InChI is InChI=1S/C34H30Cl4N2O8Si2/c1-7-45-49(5,46-8-2)39-31(41)15-11-19(35)25-27-21(37)13-17-24-18(34(44)40(33(17)43)50(6,47-9-3)48-10-4)14-22(38)28(30(24)27)26-20(36)12-16(32(39)42)23(15)29(25)26/h11-14H,7-10H2,1-6H3. The smallest absolute Gasteiger partial charge is 0.378 e. The van der Waals surface area contributed by atoms with Gasteiger partial charge in [-0.25, -0.2) is 0 Å². The summed E-state index contributed by atoms with van der Waals surface area (Å²) in [4.78, 5) is 57.2. The molecule has 0 radical (unpaired) electrons. The minimum absolute atomic E-state index is 0.132. The number of hydrogen-bond donors (Lipinski definition) is 0. The van der Waals surface area contributed by atoms with Crippen LogP contribution in [0.5, 0.6) is 0 Å².